The van der Waals surface area contributed by atoms with E-state index in [1.807, 2.05) is 12.3 Å². The number of aromatic nitrogens is 1. The van der Waals surface area contributed by atoms with Crippen molar-refractivity contribution < 1.29 is 13.2 Å². The normalized spacial score (nSPS) is 29.4. The lowest BCUT2D eigenvalue weighted by molar-refractivity contribution is -0.189. The van der Waals surface area contributed by atoms with Crippen LogP contribution in [0, 0.1) is 5.92 Å². The number of halogens is 3. The van der Waals surface area contributed by atoms with Gasteiger partial charge in [0.15, 0.2) is 0 Å². The van der Waals surface area contributed by atoms with Crippen LogP contribution in [0.3, 0.4) is 0 Å². The van der Waals surface area contributed by atoms with Crippen molar-refractivity contribution in [1.29, 1.82) is 0 Å². The maximum absolute atomic E-state index is 12.9. The molecular weight excluding hydrogens is 261 g/mol. The average Bonchev–Trinajstić information content (AvgIpc) is 2.82. The predicted octanol–water partition coefficient (Wildman–Crippen LogP) is 3.70. The summed E-state index contributed by atoms with van der Waals surface area (Å²) in [6.45, 7) is 2.58. The maximum atomic E-state index is 12.9. The van der Waals surface area contributed by atoms with E-state index < -0.39 is 17.6 Å². The molecule has 1 N–H and O–H groups in total. The van der Waals surface area contributed by atoms with Crippen molar-refractivity contribution in [2.75, 3.05) is 6.54 Å². The first-order valence-corrected chi connectivity index (χ1v) is 7.07. The standard InChI is InChI=1S/C12H17F3N2S/c1-2-17-11(10-16-6-7-18-10)5-3-4-9(8-11)12(13,14)15/h6-7,9,17H,2-5,8H2,1H3. The second-order valence-corrected chi connectivity index (χ2v) is 5.68. The lowest BCUT2D eigenvalue weighted by Crippen LogP contribution is -2.48. The Kier molecular flexibility index (Phi) is 3.96. The van der Waals surface area contributed by atoms with Gasteiger partial charge in [-0.1, -0.05) is 13.3 Å². The highest BCUT2D eigenvalue weighted by molar-refractivity contribution is 7.09. The van der Waals surface area contributed by atoms with Gasteiger partial charge in [-0.3, -0.25) is 0 Å². The van der Waals surface area contributed by atoms with E-state index in [0.717, 1.165) is 11.4 Å². The lowest BCUT2D eigenvalue weighted by atomic mass is 9.75. The van der Waals surface area contributed by atoms with Gasteiger partial charge in [0.1, 0.15) is 5.01 Å². The molecule has 0 aliphatic heterocycles. The molecule has 18 heavy (non-hydrogen) atoms. The molecular formula is C12H17F3N2S. The summed E-state index contributed by atoms with van der Waals surface area (Å²) in [6.07, 6.45) is -0.758. The third-order valence-electron chi connectivity index (χ3n) is 3.57. The summed E-state index contributed by atoms with van der Waals surface area (Å²) < 4.78 is 38.8. The van der Waals surface area contributed by atoms with Crippen molar-refractivity contribution in [3.63, 3.8) is 0 Å². The fourth-order valence-corrected chi connectivity index (χ4v) is 3.64. The molecule has 1 aromatic rings. The van der Waals surface area contributed by atoms with Gasteiger partial charge >= 0.3 is 6.18 Å². The minimum Gasteiger partial charge on any atom is -0.306 e. The third-order valence-corrected chi connectivity index (χ3v) is 4.55. The van der Waals surface area contributed by atoms with E-state index in [1.165, 1.54) is 11.3 Å². The van der Waals surface area contributed by atoms with Gasteiger partial charge in [-0.05, 0) is 25.8 Å². The Balaban J connectivity index is 2.25. The molecule has 1 heterocycles. The number of hydrogen-bond acceptors (Lipinski definition) is 3. The van der Waals surface area contributed by atoms with Gasteiger partial charge in [0.2, 0.25) is 0 Å². The molecule has 1 aliphatic rings. The molecule has 0 bridgehead atoms. The lowest BCUT2D eigenvalue weighted by Gasteiger charge is -2.40. The van der Waals surface area contributed by atoms with E-state index >= 15 is 0 Å². The van der Waals surface area contributed by atoms with Crippen molar-refractivity contribution in [1.82, 2.24) is 10.3 Å². The molecule has 2 atom stereocenters. The Morgan fingerprint density at radius 1 is 1.56 bits per heavy atom. The highest BCUT2D eigenvalue weighted by Gasteiger charge is 2.48. The van der Waals surface area contributed by atoms with Gasteiger partial charge in [0, 0.05) is 11.6 Å². The molecule has 0 radical (unpaired) electrons. The predicted molar refractivity (Wildman–Crippen MR) is 65.5 cm³/mol. The highest BCUT2D eigenvalue weighted by Crippen LogP contribution is 2.46. The molecule has 1 fully saturated rings. The van der Waals surface area contributed by atoms with Crippen LogP contribution in [0.1, 0.15) is 37.6 Å². The second kappa shape index (κ2) is 5.17. The molecule has 2 unspecified atom stereocenters. The first kappa shape index (κ1) is 13.8. The van der Waals surface area contributed by atoms with Crippen LogP contribution in [0.2, 0.25) is 0 Å². The minimum atomic E-state index is -4.10. The Morgan fingerprint density at radius 2 is 2.33 bits per heavy atom. The van der Waals surface area contributed by atoms with Gasteiger partial charge in [0.05, 0.1) is 11.5 Å². The van der Waals surface area contributed by atoms with Crippen LogP contribution in [0.25, 0.3) is 0 Å². The van der Waals surface area contributed by atoms with Crippen LogP contribution < -0.4 is 5.32 Å². The summed E-state index contributed by atoms with van der Waals surface area (Å²) in [4.78, 5) is 4.24. The number of alkyl halides is 3. The molecule has 1 aromatic heterocycles. The Hall–Kier alpha value is -0.620. The molecule has 0 spiro atoms. The summed E-state index contributed by atoms with van der Waals surface area (Å²) in [5.41, 5.74) is -0.582. The van der Waals surface area contributed by atoms with E-state index in [2.05, 4.69) is 10.3 Å². The summed E-state index contributed by atoms with van der Waals surface area (Å²) in [5, 5.41) is 5.87. The van der Waals surface area contributed by atoms with Crippen LogP contribution in [0.4, 0.5) is 13.2 Å². The van der Waals surface area contributed by atoms with E-state index in [4.69, 9.17) is 0 Å². The van der Waals surface area contributed by atoms with Crippen molar-refractivity contribution in [2.24, 2.45) is 5.92 Å². The van der Waals surface area contributed by atoms with Crippen LogP contribution in [-0.4, -0.2) is 17.7 Å². The Labute approximate surface area is 109 Å². The van der Waals surface area contributed by atoms with Crippen molar-refractivity contribution in [3.8, 4) is 0 Å². The van der Waals surface area contributed by atoms with Gasteiger partial charge in [-0.2, -0.15) is 13.2 Å². The number of nitrogens with zero attached hydrogens (tertiary/aromatic N) is 1. The van der Waals surface area contributed by atoms with Crippen molar-refractivity contribution in [2.45, 2.75) is 44.3 Å². The summed E-state index contributed by atoms with van der Waals surface area (Å²) >= 11 is 1.44. The second-order valence-electron chi connectivity index (χ2n) is 4.78. The van der Waals surface area contributed by atoms with E-state index in [0.29, 0.717) is 13.0 Å². The SMILES string of the molecule is CCNC1(c2nccs2)CCCC(C(F)(F)F)C1. The highest BCUT2D eigenvalue weighted by atomic mass is 32.1. The van der Waals surface area contributed by atoms with Crippen LogP contribution >= 0.6 is 11.3 Å². The van der Waals surface area contributed by atoms with Gasteiger partial charge in [0.25, 0.3) is 0 Å². The zero-order valence-corrected chi connectivity index (χ0v) is 11.1. The fraction of sp³-hybridized carbons (Fsp3) is 0.750. The molecule has 1 aliphatic carbocycles. The first-order valence-electron chi connectivity index (χ1n) is 6.19. The number of thiazole rings is 1. The monoisotopic (exact) mass is 278 g/mol. The molecule has 6 heteroatoms. The Morgan fingerprint density at radius 3 is 2.89 bits per heavy atom. The molecule has 0 saturated heterocycles. The first-order chi connectivity index (χ1) is 8.48. The largest absolute Gasteiger partial charge is 0.391 e. The van der Waals surface area contributed by atoms with Gasteiger partial charge in [-0.25, -0.2) is 4.98 Å². The van der Waals surface area contributed by atoms with Crippen LogP contribution in [0.15, 0.2) is 11.6 Å². The smallest absolute Gasteiger partial charge is 0.306 e. The van der Waals surface area contributed by atoms with E-state index in [-0.39, 0.29) is 12.8 Å². The molecule has 2 rings (SSSR count). The molecule has 0 amide bonds. The molecule has 1 saturated carbocycles. The number of nitrogens with one attached hydrogen (secondary N) is 1. The summed E-state index contributed by atoms with van der Waals surface area (Å²) in [7, 11) is 0. The zero-order valence-electron chi connectivity index (χ0n) is 10.3. The third kappa shape index (κ3) is 2.69. The molecule has 102 valence electrons. The topological polar surface area (TPSA) is 24.9 Å². The average molecular weight is 278 g/mol. The molecule has 2 nitrogen and oxygen atoms in total. The summed E-state index contributed by atoms with van der Waals surface area (Å²) in [5.74, 6) is -1.21. The fourth-order valence-electron chi connectivity index (χ4n) is 2.78. The van der Waals surface area contributed by atoms with Crippen LogP contribution in [0.5, 0.6) is 0 Å². The van der Waals surface area contributed by atoms with Gasteiger partial charge < -0.3 is 5.32 Å². The Bertz CT molecular complexity index is 373. The maximum Gasteiger partial charge on any atom is 0.391 e. The minimum absolute atomic E-state index is 0.109. The van der Waals surface area contributed by atoms with Gasteiger partial charge in [-0.15, -0.1) is 11.3 Å². The van der Waals surface area contributed by atoms with Crippen LogP contribution in [-0.2, 0) is 5.54 Å². The van der Waals surface area contributed by atoms with E-state index in [9.17, 15) is 13.2 Å². The molecule has 0 aromatic carbocycles. The number of hydrogen-bond donors (Lipinski definition) is 1. The van der Waals surface area contributed by atoms with Crippen molar-refractivity contribution >= 4 is 11.3 Å². The summed E-state index contributed by atoms with van der Waals surface area (Å²) in [6, 6.07) is 0. The zero-order chi connectivity index (χ0) is 13.2. The number of rotatable bonds is 3. The van der Waals surface area contributed by atoms with E-state index in [1.54, 1.807) is 6.20 Å². The van der Waals surface area contributed by atoms with Crippen molar-refractivity contribution in [3.05, 3.63) is 16.6 Å². The quantitative estimate of drug-likeness (QED) is 0.912.